The van der Waals surface area contributed by atoms with Crippen LogP contribution in [-0.4, -0.2) is 35.0 Å². The van der Waals surface area contributed by atoms with Gasteiger partial charge in [0.15, 0.2) is 11.6 Å². The molecule has 4 heteroatoms. The van der Waals surface area contributed by atoms with Crippen LogP contribution in [0.2, 0.25) is 0 Å². The first kappa shape index (κ1) is 17.9. The Balaban J connectivity index is 1.76. The van der Waals surface area contributed by atoms with E-state index in [1.807, 2.05) is 13.8 Å². The van der Waals surface area contributed by atoms with E-state index in [9.17, 15) is 9.90 Å². The van der Waals surface area contributed by atoms with Crippen molar-refractivity contribution in [1.82, 2.24) is 0 Å². The molecule has 0 bridgehead atoms. The third-order valence-electron chi connectivity index (χ3n) is 9.02. The molecular weight excluding hydrogens is 316 g/mol. The molecule has 4 fully saturated rings. The molecule has 0 aromatic carbocycles. The lowest BCUT2D eigenvalue weighted by atomic mass is 9.39. The number of fused-ring (bicyclic) bond motifs is 5. The van der Waals surface area contributed by atoms with Gasteiger partial charge in [0.2, 0.25) is 0 Å². The Morgan fingerprint density at radius 3 is 2.44 bits per heavy atom. The summed E-state index contributed by atoms with van der Waals surface area (Å²) in [4.78, 5) is 12.6. The van der Waals surface area contributed by atoms with Crippen LogP contribution in [0.15, 0.2) is 0 Å². The lowest BCUT2D eigenvalue weighted by Gasteiger charge is -2.66. The molecule has 4 nitrogen and oxygen atoms in total. The topological polar surface area (TPSA) is 55.8 Å². The number of aliphatic hydroxyl groups is 1. The third-order valence-corrected chi connectivity index (χ3v) is 9.02. The van der Waals surface area contributed by atoms with Gasteiger partial charge in [0, 0.05) is 11.8 Å². The minimum atomic E-state index is -1.12. The molecule has 4 rings (SSSR count). The number of carbonyl (C=O) groups is 1. The smallest absolute Gasteiger partial charge is 0.164 e. The third kappa shape index (κ3) is 2.08. The van der Waals surface area contributed by atoms with Crippen molar-refractivity contribution >= 4 is 5.78 Å². The van der Waals surface area contributed by atoms with E-state index >= 15 is 0 Å². The van der Waals surface area contributed by atoms with E-state index in [0.29, 0.717) is 25.4 Å². The quantitative estimate of drug-likeness (QED) is 0.721. The lowest BCUT2D eigenvalue weighted by molar-refractivity contribution is -0.272. The molecule has 0 spiro atoms. The summed E-state index contributed by atoms with van der Waals surface area (Å²) >= 11 is 0. The van der Waals surface area contributed by atoms with Gasteiger partial charge in [0.25, 0.3) is 0 Å². The van der Waals surface area contributed by atoms with Crippen molar-refractivity contribution in [2.45, 2.75) is 97.1 Å². The molecule has 0 aromatic rings. The number of ether oxygens (including phenoxy) is 2. The fraction of sp³-hybridized carbons (Fsp3) is 0.952. The molecule has 0 radical (unpaired) electrons. The summed E-state index contributed by atoms with van der Waals surface area (Å²) in [5.41, 5.74) is -1.44. The zero-order valence-electron chi connectivity index (χ0n) is 16.5. The van der Waals surface area contributed by atoms with E-state index < -0.39 is 11.4 Å². The predicted molar refractivity (Wildman–Crippen MR) is 95.0 cm³/mol. The molecule has 1 aliphatic heterocycles. The van der Waals surface area contributed by atoms with E-state index in [-0.39, 0.29) is 28.1 Å². The maximum absolute atomic E-state index is 12.6. The molecule has 0 unspecified atom stereocenters. The Morgan fingerprint density at radius 2 is 1.72 bits per heavy atom. The molecule has 1 N–H and O–H groups in total. The molecule has 3 aliphatic carbocycles. The van der Waals surface area contributed by atoms with Crippen molar-refractivity contribution in [2.75, 3.05) is 6.61 Å². The van der Waals surface area contributed by atoms with Crippen molar-refractivity contribution < 1.29 is 19.4 Å². The monoisotopic (exact) mass is 350 g/mol. The second kappa shape index (κ2) is 5.08. The molecule has 0 aromatic heterocycles. The minimum absolute atomic E-state index is 0.0325. The van der Waals surface area contributed by atoms with Gasteiger partial charge in [-0.2, -0.15) is 0 Å². The Labute approximate surface area is 151 Å². The van der Waals surface area contributed by atoms with Crippen LogP contribution in [0.1, 0.15) is 79.6 Å². The summed E-state index contributed by atoms with van der Waals surface area (Å²) in [6.45, 7) is 11.7. The SMILES string of the molecule is CC1(C)OCC[C@]2(C)[C@H]3CC[C@@]4(O)C(=O)CC[C@@]4(C)[C@]3(C)CC[C@H]2O1. The van der Waals surface area contributed by atoms with Crippen LogP contribution in [0, 0.1) is 22.2 Å². The summed E-state index contributed by atoms with van der Waals surface area (Å²) in [5, 5.41) is 11.4. The molecule has 25 heavy (non-hydrogen) atoms. The van der Waals surface area contributed by atoms with Gasteiger partial charge in [-0.1, -0.05) is 20.8 Å². The number of carbonyl (C=O) groups excluding carboxylic acids is 1. The maximum Gasteiger partial charge on any atom is 0.164 e. The van der Waals surface area contributed by atoms with E-state index in [1.165, 1.54) is 0 Å². The minimum Gasteiger partial charge on any atom is -0.381 e. The zero-order chi connectivity index (χ0) is 18.3. The van der Waals surface area contributed by atoms with Crippen LogP contribution < -0.4 is 0 Å². The highest BCUT2D eigenvalue weighted by molar-refractivity contribution is 5.91. The normalized spacial score (nSPS) is 55.0. The second-order valence-corrected chi connectivity index (χ2v) is 10.3. The van der Waals surface area contributed by atoms with Crippen molar-refractivity contribution in [3.63, 3.8) is 0 Å². The van der Waals surface area contributed by atoms with Gasteiger partial charge >= 0.3 is 0 Å². The van der Waals surface area contributed by atoms with Crippen LogP contribution in [0.25, 0.3) is 0 Å². The standard InChI is InChI=1S/C21H34O4/c1-17(2)24-13-12-18(3)14-6-11-21(23)15(22)7-10-20(21,5)19(14,4)9-8-16(18)25-17/h14,16,23H,6-13H2,1-5H3/t14-,16-,18-,19-,20+,21-/m1/s1. The largest absolute Gasteiger partial charge is 0.381 e. The number of hydrogen-bond donors (Lipinski definition) is 1. The number of Topliss-reactive ketones (excluding diaryl/α,β-unsaturated/α-hetero) is 1. The van der Waals surface area contributed by atoms with E-state index in [2.05, 4.69) is 20.8 Å². The van der Waals surface area contributed by atoms with Crippen LogP contribution in [0.5, 0.6) is 0 Å². The van der Waals surface area contributed by atoms with Crippen molar-refractivity contribution in [2.24, 2.45) is 22.2 Å². The fourth-order valence-electron chi connectivity index (χ4n) is 7.23. The van der Waals surface area contributed by atoms with Crippen LogP contribution >= 0.6 is 0 Å². The highest BCUT2D eigenvalue weighted by Crippen LogP contribution is 2.71. The Kier molecular flexibility index (Phi) is 3.65. The molecule has 1 saturated heterocycles. The van der Waals surface area contributed by atoms with Gasteiger partial charge in [0.1, 0.15) is 5.60 Å². The van der Waals surface area contributed by atoms with Crippen molar-refractivity contribution in [1.29, 1.82) is 0 Å². The summed E-state index contributed by atoms with van der Waals surface area (Å²) in [7, 11) is 0. The molecule has 3 saturated carbocycles. The van der Waals surface area contributed by atoms with Gasteiger partial charge in [-0.3, -0.25) is 4.79 Å². The summed E-state index contributed by atoms with van der Waals surface area (Å²) in [6.07, 6.45) is 6.04. The maximum atomic E-state index is 12.6. The molecular formula is C21H34O4. The van der Waals surface area contributed by atoms with Crippen LogP contribution in [-0.2, 0) is 14.3 Å². The second-order valence-electron chi connectivity index (χ2n) is 10.3. The summed E-state index contributed by atoms with van der Waals surface area (Å²) < 4.78 is 12.4. The summed E-state index contributed by atoms with van der Waals surface area (Å²) in [5.74, 6) is -0.00493. The van der Waals surface area contributed by atoms with Gasteiger partial charge in [-0.15, -0.1) is 0 Å². The first-order valence-electron chi connectivity index (χ1n) is 10.1. The Morgan fingerprint density at radius 1 is 1.00 bits per heavy atom. The Hall–Kier alpha value is -0.450. The average Bonchev–Trinajstić information content (AvgIpc) is 2.68. The van der Waals surface area contributed by atoms with Gasteiger partial charge in [-0.05, 0) is 69.1 Å². The predicted octanol–water partition coefficient (Wildman–Crippen LogP) is 3.84. The van der Waals surface area contributed by atoms with Crippen LogP contribution in [0.4, 0.5) is 0 Å². The zero-order valence-corrected chi connectivity index (χ0v) is 16.5. The molecule has 0 amide bonds. The molecule has 4 aliphatic rings. The highest BCUT2D eigenvalue weighted by atomic mass is 16.7. The van der Waals surface area contributed by atoms with E-state index in [4.69, 9.17) is 9.47 Å². The fourth-order valence-corrected chi connectivity index (χ4v) is 7.23. The first-order chi connectivity index (χ1) is 11.5. The van der Waals surface area contributed by atoms with Crippen molar-refractivity contribution in [3.05, 3.63) is 0 Å². The van der Waals surface area contributed by atoms with Gasteiger partial charge in [-0.25, -0.2) is 0 Å². The van der Waals surface area contributed by atoms with Crippen molar-refractivity contribution in [3.8, 4) is 0 Å². The number of hydrogen-bond acceptors (Lipinski definition) is 4. The molecule has 142 valence electrons. The highest BCUT2D eigenvalue weighted by Gasteiger charge is 2.72. The summed E-state index contributed by atoms with van der Waals surface area (Å²) in [6, 6.07) is 0. The van der Waals surface area contributed by atoms with E-state index in [1.54, 1.807) is 0 Å². The van der Waals surface area contributed by atoms with Gasteiger partial charge < -0.3 is 14.6 Å². The first-order valence-corrected chi connectivity index (χ1v) is 10.1. The van der Waals surface area contributed by atoms with Gasteiger partial charge in [0.05, 0.1) is 12.7 Å². The molecule has 6 atom stereocenters. The molecule has 1 heterocycles. The number of rotatable bonds is 0. The number of ketones is 1. The van der Waals surface area contributed by atoms with Crippen LogP contribution in [0.3, 0.4) is 0 Å². The lowest BCUT2D eigenvalue weighted by Crippen LogP contribution is -2.67. The average molecular weight is 350 g/mol. The van der Waals surface area contributed by atoms with E-state index in [0.717, 1.165) is 32.1 Å². The Bertz CT molecular complexity index is 601.